The molecule has 15 heavy (non-hydrogen) atoms. The van der Waals surface area contributed by atoms with E-state index in [9.17, 15) is 5.11 Å². The fourth-order valence-corrected chi connectivity index (χ4v) is 2.90. The molecule has 0 aliphatic heterocycles. The van der Waals surface area contributed by atoms with Gasteiger partial charge in [-0.2, -0.15) is 0 Å². The van der Waals surface area contributed by atoms with E-state index in [1.807, 2.05) is 6.92 Å². The van der Waals surface area contributed by atoms with Gasteiger partial charge in [-0.25, -0.2) is 0 Å². The molecular formula is C13H26O2. The van der Waals surface area contributed by atoms with Gasteiger partial charge in [0.2, 0.25) is 0 Å². The molecule has 2 heteroatoms. The third-order valence-electron chi connectivity index (χ3n) is 3.59. The van der Waals surface area contributed by atoms with Gasteiger partial charge in [0.15, 0.2) is 0 Å². The number of aliphatic hydroxyl groups is 1. The third kappa shape index (κ3) is 3.18. The van der Waals surface area contributed by atoms with Gasteiger partial charge in [0.1, 0.15) is 0 Å². The molecule has 90 valence electrons. The van der Waals surface area contributed by atoms with Crippen molar-refractivity contribution in [1.29, 1.82) is 0 Å². The maximum atomic E-state index is 10.2. The van der Waals surface area contributed by atoms with Crippen molar-refractivity contribution in [3.8, 4) is 0 Å². The summed E-state index contributed by atoms with van der Waals surface area (Å²) in [4.78, 5) is 0. The molecule has 0 radical (unpaired) electrons. The quantitative estimate of drug-likeness (QED) is 0.762. The van der Waals surface area contributed by atoms with Crippen LogP contribution in [0.1, 0.15) is 59.3 Å². The molecule has 3 atom stereocenters. The van der Waals surface area contributed by atoms with E-state index in [-0.39, 0.29) is 11.7 Å². The van der Waals surface area contributed by atoms with Gasteiger partial charge < -0.3 is 9.84 Å². The fraction of sp³-hybridized carbons (Fsp3) is 1.00. The summed E-state index contributed by atoms with van der Waals surface area (Å²) in [5, 5.41) is 10.2. The third-order valence-corrected chi connectivity index (χ3v) is 3.59. The van der Waals surface area contributed by atoms with Crippen LogP contribution in [0.5, 0.6) is 0 Å². The van der Waals surface area contributed by atoms with Gasteiger partial charge in [-0.15, -0.1) is 0 Å². The summed E-state index contributed by atoms with van der Waals surface area (Å²) in [6.07, 6.45) is 6.17. The molecule has 0 amide bonds. The molecule has 1 aliphatic rings. The van der Waals surface area contributed by atoms with Crippen molar-refractivity contribution in [3.63, 3.8) is 0 Å². The van der Waals surface area contributed by atoms with Crippen LogP contribution in [0.25, 0.3) is 0 Å². The highest BCUT2D eigenvalue weighted by atomic mass is 16.5. The van der Waals surface area contributed by atoms with E-state index >= 15 is 0 Å². The van der Waals surface area contributed by atoms with Gasteiger partial charge in [0, 0.05) is 6.61 Å². The summed E-state index contributed by atoms with van der Waals surface area (Å²) in [6, 6.07) is 0. The number of hydrogen-bond donors (Lipinski definition) is 1. The molecule has 0 aromatic carbocycles. The first-order chi connectivity index (χ1) is 7.14. The first-order valence-corrected chi connectivity index (χ1v) is 6.46. The normalized spacial score (nSPS) is 34.0. The second-order valence-electron chi connectivity index (χ2n) is 5.00. The Balaban J connectivity index is 2.67. The van der Waals surface area contributed by atoms with Gasteiger partial charge in [-0.05, 0) is 32.1 Å². The fourth-order valence-electron chi connectivity index (χ4n) is 2.90. The van der Waals surface area contributed by atoms with Crippen molar-refractivity contribution in [2.24, 2.45) is 5.92 Å². The molecule has 1 aliphatic carbocycles. The first kappa shape index (κ1) is 13.0. The Bertz CT molecular complexity index is 177. The maximum Gasteiger partial charge on any atom is 0.0942 e. The molecule has 0 bridgehead atoms. The average Bonchev–Trinajstić information content (AvgIpc) is 2.18. The Hall–Kier alpha value is -0.0800. The predicted molar refractivity (Wildman–Crippen MR) is 62.9 cm³/mol. The molecular weight excluding hydrogens is 188 g/mol. The Morgan fingerprint density at radius 2 is 2.20 bits per heavy atom. The molecule has 0 heterocycles. The van der Waals surface area contributed by atoms with E-state index in [4.69, 9.17) is 4.74 Å². The summed E-state index contributed by atoms with van der Waals surface area (Å²) in [5.74, 6) is 0.691. The molecule has 2 nitrogen and oxygen atoms in total. The van der Waals surface area contributed by atoms with Crippen LogP contribution in [0.2, 0.25) is 0 Å². The van der Waals surface area contributed by atoms with Crippen LogP contribution in [0.4, 0.5) is 0 Å². The van der Waals surface area contributed by atoms with E-state index < -0.39 is 0 Å². The zero-order valence-electron chi connectivity index (χ0n) is 10.5. The van der Waals surface area contributed by atoms with Crippen molar-refractivity contribution < 1.29 is 9.84 Å². The van der Waals surface area contributed by atoms with E-state index in [1.54, 1.807) is 0 Å². The van der Waals surface area contributed by atoms with E-state index in [1.165, 1.54) is 12.8 Å². The maximum absolute atomic E-state index is 10.2. The van der Waals surface area contributed by atoms with Crippen molar-refractivity contribution in [2.45, 2.75) is 71.0 Å². The number of ether oxygens (including phenoxy) is 1. The molecule has 0 spiro atoms. The lowest BCUT2D eigenvalue weighted by Crippen LogP contribution is -2.48. The zero-order valence-corrected chi connectivity index (χ0v) is 10.5. The van der Waals surface area contributed by atoms with E-state index in [2.05, 4.69) is 13.8 Å². The molecule has 0 aromatic heterocycles. The van der Waals surface area contributed by atoms with Gasteiger partial charge >= 0.3 is 0 Å². The van der Waals surface area contributed by atoms with Crippen molar-refractivity contribution in [2.75, 3.05) is 6.61 Å². The largest absolute Gasteiger partial charge is 0.390 e. The van der Waals surface area contributed by atoms with Crippen LogP contribution < -0.4 is 0 Å². The molecule has 0 aromatic rings. The molecule has 0 saturated heterocycles. The van der Waals surface area contributed by atoms with Crippen LogP contribution in [0, 0.1) is 5.92 Å². The Kier molecular flexibility index (Phi) is 5.07. The highest BCUT2D eigenvalue weighted by Crippen LogP contribution is 2.38. The smallest absolute Gasteiger partial charge is 0.0942 e. The molecule has 1 N–H and O–H groups in total. The Labute approximate surface area is 94.0 Å². The summed E-state index contributed by atoms with van der Waals surface area (Å²) in [7, 11) is 0. The lowest BCUT2D eigenvalue weighted by Gasteiger charge is -2.43. The summed E-state index contributed by atoms with van der Waals surface area (Å²) < 4.78 is 5.91. The molecule has 3 unspecified atom stereocenters. The van der Waals surface area contributed by atoms with Crippen LogP contribution in [-0.2, 0) is 4.74 Å². The minimum absolute atomic E-state index is 0.234. The lowest BCUT2D eigenvalue weighted by atomic mass is 9.74. The lowest BCUT2D eigenvalue weighted by molar-refractivity contribution is -0.149. The van der Waals surface area contributed by atoms with Crippen LogP contribution in [0.3, 0.4) is 0 Å². The number of hydrogen-bond acceptors (Lipinski definition) is 2. The van der Waals surface area contributed by atoms with E-state index in [0.29, 0.717) is 12.5 Å². The van der Waals surface area contributed by atoms with Crippen LogP contribution in [-0.4, -0.2) is 23.4 Å². The highest BCUT2D eigenvalue weighted by Gasteiger charge is 2.41. The van der Waals surface area contributed by atoms with Gasteiger partial charge in [0.25, 0.3) is 0 Å². The van der Waals surface area contributed by atoms with Crippen molar-refractivity contribution >= 4 is 0 Å². The predicted octanol–water partition coefficient (Wildman–Crippen LogP) is 3.13. The standard InChI is InChI=1S/C13H26O2/c1-4-7-12(14)13(15-5-2)9-6-8-11(3)10-13/h11-12,14H,4-10H2,1-3H3. The Morgan fingerprint density at radius 3 is 2.73 bits per heavy atom. The van der Waals surface area contributed by atoms with Gasteiger partial charge in [0.05, 0.1) is 11.7 Å². The molecule has 1 saturated carbocycles. The highest BCUT2D eigenvalue weighted by molar-refractivity contribution is 4.93. The number of rotatable bonds is 5. The zero-order chi connectivity index (χ0) is 11.3. The van der Waals surface area contributed by atoms with Gasteiger partial charge in [-0.1, -0.05) is 33.1 Å². The van der Waals surface area contributed by atoms with Crippen LogP contribution >= 0.6 is 0 Å². The average molecular weight is 214 g/mol. The van der Waals surface area contributed by atoms with Gasteiger partial charge in [-0.3, -0.25) is 0 Å². The second-order valence-corrected chi connectivity index (χ2v) is 5.00. The summed E-state index contributed by atoms with van der Waals surface area (Å²) >= 11 is 0. The SMILES string of the molecule is CCCC(O)C1(OCC)CCCC(C)C1. The summed E-state index contributed by atoms with van der Waals surface area (Å²) in [6.45, 7) is 7.13. The number of aliphatic hydroxyl groups excluding tert-OH is 1. The topological polar surface area (TPSA) is 29.5 Å². The molecule has 1 rings (SSSR count). The minimum atomic E-state index is -0.273. The minimum Gasteiger partial charge on any atom is -0.390 e. The van der Waals surface area contributed by atoms with Crippen molar-refractivity contribution in [1.82, 2.24) is 0 Å². The Morgan fingerprint density at radius 1 is 1.47 bits per heavy atom. The van der Waals surface area contributed by atoms with Crippen molar-refractivity contribution in [3.05, 3.63) is 0 Å². The first-order valence-electron chi connectivity index (χ1n) is 6.46. The second kappa shape index (κ2) is 5.86. The molecule has 1 fully saturated rings. The summed E-state index contributed by atoms with van der Waals surface area (Å²) in [5.41, 5.74) is -0.234. The monoisotopic (exact) mass is 214 g/mol. The van der Waals surface area contributed by atoms with E-state index in [0.717, 1.165) is 25.7 Å². The van der Waals surface area contributed by atoms with Crippen LogP contribution in [0.15, 0.2) is 0 Å².